The number of amides is 1. The Hall–Kier alpha value is -4.45. The van der Waals surface area contributed by atoms with Crippen molar-refractivity contribution in [1.29, 1.82) is 0 Å². The molecular weight excluding hydrogens is 574 g/mol. The number of nitrogens with zero attached hydrogens (tertiary/aromatic N) is 4. The predicted octanol–water partition coefficient (Wildman–Crippen LogP) is 4.66. The number of fused-ring (bicyclic) bond motifs is 1. The van der Waals surface area contributed by atoms with Crippen LogP contribution in [0.2, 0.25) is 0 Å². The summed E-state index contributed by atoms with van der Waals surface area (Å²) >= 11 is 0. The van der Waals surface area contributed by atoms with Crippen molar-refractivity contribution in [2.24, 2.45) is 10.2 Å². The van der Waals surface area contributed by atoms with Crippen LogP contribution in [0, 0.1) is 5.95 Å². The van der Waals surface area contributed by atoms with Crippen LogP contribution in [0.5, 0.6) is 0 Å². The first kappa shape index (κ1) is 30.1. The van der Waals surface area contributed by atoms with Crippen molar-refractivity contribution in [2.45, 2.75) is 16.7 Å². The van der Waals surface area contributed by atoms with Crippen molar-refractivity contribution in [2.75, 3.05) is 17.4 Å². The van der Waals surface area contributed by atoms with E-state index in [1.807, 2.05) is 0 Å². The van der Waals surface area contributed by atoms with Crippen LogP contribution in [-0.2, 0) is 25.0 Å². The maximum atomic E-state index is 12.6. The van der Waals surface area contributed by atoms with Gasteiger partial charge in [-0.2, -0.15) is 26.3 Å². The van der Waals surface area contributed by atoms with Gasteiger partial charge in [0.25, 0.3) is 20.2 Å². The molecule has 0 unspecified atom stereocenters. The molecule has 0 atom stereocenters. The third kappa shape index (κ3) is 8.03. The number of rotatable bonds is 7. The Morgan fingerprint density at radius 1 is 0.950 bits per heavy atom. The number of hydrogen-bond donors (Lipinski definition) is 4. The topological polar surface area (TPSA) is 200 Å². The quantitative estimate of drug-likeness (QED) is 0.101. The first-order valence-corrected chi connectivity index (χ1v) is 13.7. The normalized spacial score (nSPS) is 11.6. The lowest BCUT2D eigenvalue weighted by Gasteiger charge is -2.10. The molecule has 4 aromatic rings. The molecule has 4 rings (SSSR count). The Labute approximate surface area is 226 Å². The van der Waals surface area contributed by atoms with Crippen LogP contribution in [0.15, 0.2) is 87.1 Å². The van der Waals surface area contributed by atoms with Gasteiger partial charge in [0.2, 0.25) is 11.9 Å². The van der Waals surface area contributed by atoms with E-state index in [4.69, 9.17) is 0 Å². The highest BCUT2D eigenvalue weighted by molar-refractivity contribution is 7.86. The van der Waals surface area contributed by atoms with Gasteiger partial charge in [0.05, 0.1) is 11.4 Å². The lowest BCUT2D eigenvalue weighted by molar-refractivity contribution is -0.114. The zero-order valence-electron chi connectivity index (χ0n) is 20.4. The van der Waals surface area contributed by atoms with Crippen LogP contribution in [0.3, 0.4) is 0 Å². The molecule has 13 nitrogen and oxygen atoms in total. The molecule has 0 saturated carbocycles. The molecule has 3 aromatic carbocycles. The summed E-state index contributed by atoms with van der Waals surface area (Å²) in [4.78, 5) is 16.9. The van der Waals surface area contributed by atoms with Crippen LogP contribution in [0.1, 0.15) is 6.92 Å². The second-order valence-corrected chi connectivity index (χ2v) is 10.5. The Bertz CT molecular complexity index is 1790. The maximum Gasteiger partial charge on any atom is 0.295 e. The molecule has 1 amide bonds. The van der Waals surface area contributed by atoms with Gasteiger partial charge >= 0.3 is 0 Å². The number of anilines is 2. The second kappa shape index (κ2) is 12.6. The molecular formula is C23H20F2N6O7S2. The lowest BCUT2D eigenvalue weighted by Crippen LogP contribution is -2.06. The summed E-state index contributed by atoms with van der Waals surface area (Å²) in [6.45, 7) is 0.390. The molecule has 1 heterocycles. The van der Waals surface area contributed by atoms with Gasteiger partial charge in [-0.1, -0.05) is 12.1 Å². The molecule has 210 valence electrons. The summed E-state index contributed by atoms with van der Waals surface area (Å²) in [5.74, 6) is -0.934. The number of azo groups is 1. The minimum absolute atomic E-state index is 0.117. The average Bonchev–Trinajstić information content (AvgIpc) is 2.87. The molecule has 17 heteroatoms. The van der Waals surface area contributed by atoms with Crippen molar-refractivity contribution < 1.29 is 39.5 Å². The van der Waals surface area contributed by atoms with Crippen molar-refractivity contribution in [3.8, 4) is 0 Å². The first-order valence-electron chi connectivity index (χ1n) is 10.9. The molecule has 0 bridgehead atoms. The van der Waals surface area contributed by atoms with Crippen LogP contribution in [0.25, 0.3) is 10.8 Å². The third-order valence-electron chi connectivity index (χ3n) is 4.86. The van der Waals surface area contributed by atoms with Crippen molar-refractivity contribution >= 4 is 59.7 Å². The predicted molar refractivity (Wildman–Crippen MR) is 140 cm³/mol. The monoisotopic (exact) mass is 594 g/mol. The van der Waals surface area contributed by atoms with Crippen molar-refractivity contribution in [1.82, 2.24) is 9.97 Å². The van der Waals surface area contributed by atoms with E-state index in [2.05, 4.69) is 30.8 Å². The highest BCUT2D eigenvalue weighted by Gasteiger charge is 2.21. The molecule has 0 aliphatic carbocycles. The van der Waals surface area contributed by atoms with Crippen molar-refractivity contribution in [3.63, 3.8) is 0 Å². The van der Waals surface area contributed by atoms with E-state index >= 15 is 0 Å². The molecule has 1 aromatic heterocycles. The minimum Gasteiger partial charge on any atom is -0.358 e. The Balaban J connectivity index is 0.000000547. The first-order chi connectivity index (χ1) is 18.8. The number of nitrogens with one attached hydrogen (secondary N) is 2. The average molecular weight is 595 g/mol. The molecule has 0 aliphatic rings. The molecule has 0 radical (unpaired) electrons. The minimum atomic E-state index is -4.81. The zero-order chi connectivity index (χ0) is 29.5. The van der Waals surface area contributed by atoms with Gasteiger partial charge in [0.1, 0.15) is 21.8 Å². The number of carbonyl (C=O) groups excluding carboxylic acids is 1. The van der Waals surface area contributed by atoms with Gasteiger partial charge in [0, 0.05) is 35.6 Å². The van der Waals surface area contributed by atoms with Crippen molar-refractivity contribution in [3.05, 3.63) is 73.1 Å². The third-order valence-corrected chi connectivity index (χ3v) is 6.66. The number of aromatic nitrogens is 2. The highest BCUT2D eigenvalue weighted by atomic mass is 32.2. The van der Waals surface area contributed by atoms with Crippen LogP contribution in [-0.4, -0.2) is 48.6 Å². The molecule has 0 fully saturated rings. The van der Waals surface area contributed by atoms with Gasteiger partial charge in [-0.15, -0.1) is 5.11 Å². The smallest absolute Gasteiger partial charge is 0.295 e. The van der Waals surface area contributed by atoms with Gasteiger partial charge in [-0.3, -0.25) is 13.9 Å². The maximum absolute atomic E-state index is 12.6. The zero-order valence-corrected chi connectivity index (χ0v) is 22.0. The lowest BCUT2D eigenvalue weighted by atomic mass is 10.1. The Morgan fingerprint density at radius 2 is 1.68 bits per heavy atom. The number of alkyl halides is 1. The van der Waals surface area contributed by atoms with E-state index in [9.17, 15) is 39.5 Å². The summed E-state index contributed by atoms with van der Waals surface area (Å²) in [6.07, 6.45) is 2.51. The SMILES string of the molecule is CC(=O)Nc1cc(NCF)ccc1N=Nc1cc(S(=O)(=O)O)c2cccc(S(=O)(=O)O)c2c1.Fc1ccncn1. The number of benzene rings is 3. The van der Waals surface area contributed by atoms with E-state index in [-0.39, 0.29) is 27.8 Å². The van der Waals surface area contributed by atoms with E-state index in [0.717, 1.165) is 24.5 Å². The summed E-state index contributed by atoms with van der Waals surface area (Å²) in [7, 11) is -9.55. The van der Waals surface area contributed by atoms with Gasteiger partial charge < -0.3 is 10.6 Å². The molecule has 40 heavy (non-hydrogen) atoms. The van der Waals surface area contributed by atoms with Gasteiger partial charge in [-0.25, -0.2) is 14.4 Å². The molecule has 4 N–H and O–H groups in total. The highest BCUT2D eigenvalue weighted by Crippen LogP contribution is 2.35. The second-order valence-electron chi connectivity index (χ2n) is 7.70. The summed E-state index contributed by atoms with van der Waals surface area (Å²) in [5.41, 5.74) is 0.452. The number of halogens is 2. The Morgan fingerprint density at radius 3 is 2.23 bits per heavy atom. The van der Waals surface area contributed by atoms with Crippen LogP contribution in [0.4, 0.5) is 31.5 Å². The van der Waals surface area contributed by atoms with E-state index in [1.54, 1.807) is 0 Å². The summed E-state index contributed by atoms with van der Waals surface area (Å²) in [6, 6.07) is 11.1. The van der Waals surface area contributed by atoms with E-state index in [0.29, 0.717) is 5.69 Å². The fourth-order valence-electron chi connectivity index (χ4n) is 3.29. The largest absolute Gasteiger partial charge is 0.358 e. The van der Waals surface area contributed by atoms with Gasteiger partial charge in [-0.05, 0) is 36.4 Å². The van der Waals surface area contributed by atoms with Crippen LogP contribution < -0.4 is 10.6 Å². The number of carbonyl (C=O) groups is 1. The van der Waals surface area contributed by atoms with Gasteiger partial charge in [0.15, 0.2) is 6.80 Å². The Kier molecular flexibility index (Phi) is 9.48. The van der Waals surface area contributed by atoms with E-state index in [1.165, 1.54) is 49.5 Å². The molecule has 0 aliphatic heterocycles. The van der Waals surface area contributed by atoms with Crippen LogP contribution >= 0.6 is 0 Å². The number of hydrogen-bond acceptors (Lipinski definition) is 10. The summed E-state index contributed by atoms with van der Waals surface area (Å²) < 4.78 is 90.7. The summed E-state index contributed by atoms with van der Waals surface area (Å²) in [5, 5.41) is 12.4. The fraction of sp³-hybridized carbons (Fsp3) is 0.0870. The fourth-order valence-corrected chi connectivity index (χ4v) is 4.71. The molecule has 0 saturated heterocycles. The standard InChI is InChI=1S/C19H17FN4O7S2.C4H3FN2/c1-11(25)22-17-8-12(21-10-20)5-6-16(17)24-23-13-7-15-14(19(9-13)33(29,30)31)3-2-4-18(15)32(26,27)28;5-4-1-2-6-3-7-4/h2-9,21H,10H2,1H3,(H,22,25)(H,26,27,28)(H,29,30,31);1-3H. The molecule has 0 spiro atoms. The van der Waals surface area contributed by atoms with E-state index < -0.39 is 48.7 Å².